The number of hydrogen-bond acceptors (Lipinski definition) is 4. The molecule has 0 saturated carbocycles. The maximum Gasteiger partial charge on any atom is 0.164 e. The highest BCUT2D eigenvalue weighted by Crippen LogP contribution is 2.47. The second-order valence-corrected chi connectivity index (χ2v) is 13.4. The van der Waals surface area contributed by atoms with Crippen molar-refractivity contribution >= 4 is 63.8 Å². The van der Waals surface area contributed by atoms with Crippen LogP contribution in [0.4, 0.5) is 0 Å². The number of nitrogens with zero attached hydrogens (tertiary/aromatic N) is 3. The van der Waals surface area contributed by atoms with E-state index in [9.17, 15) is 0 Å². The van der Waals surface area contributed by atoms with Crippen molar-refractivity contribution in [2.75, 3.05) is 0 Å². The van der Waals surface area contributed by atoms with E-state index in [1.54, 1.807) is 0 Å². The smallest absolute Gasteiger partial charge is 0.164 e. The second kappa shape index (κ2) is 11.2. The highest BCUT2D eigenvalue weighted by Gasteiger charge is 2.21. The molecule has 8 aromatic carbocycles. The zero-order valence-electron chi connectivity index (χ0n) is 26.3. The molecule has 0 fully saturated rings. The third-order valence-electron chi connectivity index (χ3n) is 9.47. The molecule has 0 bridgehead atoms. The van der Waals surface area contributed by atoms with Crippen LogP contribution < -0.4 is 0 Å². The first-order valence-corrected chi connectivity index (χ1v) is 17.3. The van der Waals surface area contributed by atoms with Gasteiger partial charge >= 0.3 is 0 Å². The molecule has 2 aromatic heterocycles. The third-order valence-corrected chi connectivity index (χ3v) is 10.6. The fourth-order valence-electron chi connectivity index (χ4n) is 7.18. The molecule has 0 radical (unpaired) electrons. The molecular formula is C45H27N3S. The molecule has 0 aliphatic heterocycles. The molecule has 0 unspecified atom stereocenters. The van der Waals surface area contributed by atoms with Gasteiger partial charge in [-0.1, -0.05) is 146 Å². The summed E-state index contributed by atoms with van der Waals surface area (Å²) in [5.41, 5.74) is 5.19. The molecule has 0 aliphatic rings. The SMILES string of the molecule is c1ccc(-c2cccc(-c3nc(-c4ccccc4)nc(-c4cc5ccc6ccccc6c5c5sc6ccc7ccccc7c6c45)n3)c2)cc1. The lowest BCUT2D eigenvalue weighted by Gasteiger charge is -2.13. The lowest BCUT2D eigenvalue weighted by Crippen LogP contribution is -2.00. The van der Waals surface area contributed by atoms with Crippen LogP contribution in [0, 0.1) is 0 Å². The number of benzene rings is 8. The van der Waals surface area contributed by atoms with Gasteiger partial charge in [-0.2, -0.15) is 0 Å². The first-order valence-electron chi connectivity index (χ1n) is 16.4. The minimum Gasteiger partial charge on any atom is -0.208 e. The van der Waals surface area contributed by atoms with Crippen LogP contribution in [0.15, 0.2) is 164 Å². The van der Waals surface area contributed by atoms with Gasteiger partial charge in [0.05, 0.1) is 0 Å². The summed E-state index contributed by atoms with van der Waals surface area (Å²) in [6, 6.07) is 57.8. The fourth-order valence-corrected chi connectivity index (χ4v) is 8.49. The van der Waals surface area contributed by atoms with Gasteiger partial charge < -0.3 is 0 Å². The Kier molecular flexibility index (Phi) is 6.36. The van der Waals surface area contributed by atoms with Gasteiger partial charge in [0.15, 0.2) is 17.5 Å². The molecule has 0 N–H and O–H groups in total. The summed E-state index contributed by atoms with van der Waals surface area (Å²) in [5, 5.41) is 9.83. The van der Waals surface area contributed by atoms with E-state index in [4.69, 9.17) is 15.0 Å². The topological polar surface area (TPSA) is 38.7 Å². The molecule has 0 spiro atoms. The predicted molar refractivity (Wildman–Crippen MR) is 207 cm³/mol. The minimum atomic E-state index is 0.651. The van der Waals surface area contributed by atoms with E-state index in [2.05, 4.69) is 140 Å². The van der Waals surface area contributed by atoms with E-state index < -0.39 is 0 Å². The van der Waals surface area contributed by atoms with Crippen LogP contribution in [-0.2, 0) is 0 Å². The largest absolute Gasteiger partial charge is 0.208 e. The van der Waals surface area contributed by atoms with Crippen molar-refractivity contribution in [2.24, 2.45) is 0 Å². The Morgan fingerprint density at radius 2 is 0.898 bits per heavy atom. The quantitative estimate of drug-likeness (QED) is 0.180. The standard InChI is InChI=1S/C45H27N3S/c1-3-12-28(13-4-1)32-18-11-19-34(26-32)44-46-43(31-16-5-2-6-17-31)47-45(48-44)37-27-33-23-22-29-14-7-9-20-35(29)39(33)42-41(37)40-36-21-10-8-15-30(36)24-25-38(40)49-42/h1-27H. The van der Waals surface area contributed by atoms with E-state index in [-0.39, 0.29) is 0 Å². The van der Waals surface area contributed by atoms with E-state index in [1.807, 2.05) is 35.6 Å². The van der Waals surface area contributed by atoms with E-state index in [0.717, 1.165) is 27.8 Å². The minimum absolute atomic E-state index is 0.651. The van der Waals surface area contributed by atoms with E-state index in [0.29, 0.717) is 17.5 Å². The normalized spacial score (nSPS) is 11.7. The summed E-state index contributed by atoms with van der Waals surface area (Å²) >= 11 is 1.86. The van der Waals surface area contributed by atoms with Gasteiger partial charge in [-0.25, -0.2) is 15.0 Å². The lowest BCUT2D eigenvalue weighted by molar-refractivity contribution is 1.08. The Balaban J connectivity index is 1.32. The van der Waals surface area contributed by atoms with Crippen molar-refractivity contribution in [1.29, 1.82) is 0 Å². The van der Waals surface area contributed by atoms with Crippen molar-refractivity contribution in [3.8, 4) is 45.3 Å². The molecule has 49 heavy (non-hydrogen) atoms. The van der Waals surface area contributed by atoms with E-state index >= 15 is 0 Å². The van der Waals surface area contributed by atoms with Crippen molar-refractivity contribution < 1.29 is 0 Å². The maximum atomic E-state index is 5.30. The third kappa shape index (κ3) is 4.61. The van der Waals surface area contributed by atoms with Crippen LogP contribution in [-0.4, -0.2) is 15.0 Å². The molecule has 0 saturated heterocycles. The summed E-state index contributed by atoms with van der Waals surface area (Å²) in [6.45, 7) is 0. The molecule has 0 aliphatic carbocycles. The van der Waals surface area contributed by atoms with Crippen LogP contribution in [0.25, 0.3) is 97.8 Å². The summed E-state index contributed by atoms with van der Waals surface area (Å²) in [6.07, 6.45) is 0. The Bertz CT molecular complexity index is 2880. The van der Waals surface area contributed by atoms with Gasteiger partial charge in [0.2, 0.25) is 0 Å². The summed E-state index contributed by atoms with van der Waals surface area (Å²) in [5.74, 6) is 1.97. The first kappa shape index (κ1) is 27.8. The molecular weight excluding hydrogens is 615 g/mol. The lowest BCUT2D eigenvalue weighted by atomic mass is 9.94. The van der Waals surface area contributed by atoms with Gasteiger partial charge in [-0.15, -0.1) is 11.3 Å². The molecule has 10 aromatic rings. The number of aromatic nitrogens is 3. The molecule has 2 heterocycles. The summed E-state index contributed by atoms with van der Waals surface area (Å²) < 4.78 is 2.51. The average Bonchev–Trinajstić information content (AvgIpc) is 3.58. The van der Waals surface area contributed by atoms with Crippen molar-refractivity contribution in [2.45, 2.75) is 0 Å². The Labute approximate surface area is 286 Å². The fraction of sp³-hybridized carbons (Fsp3) is 0. The van der Waals surface area contributed by atoms with Crippen LogP contribution in [0.5, 0.6) is 0 Å². The van der Waals surface area contributed by atoms with Gasteiger partial charge in [0.1, 0.15) is 0 Å². The molecule has 10 rings (SSSR count). The summed E-state index contributed by atoms with van der Waals surface area (Å²) in [4.78, 5) is 15.6. The van der Waals surface area contributed by atoms with Gasteiger partial charge in [0, 0.05) is 42.2 Å². The molecule has 3 nitrogen and oxygen atoms in total. The van der Waals surface area contributed by atoms with E-state index in [1.165, 1.54) is 52.5 Å². The number of fused-ring (bicyclic) bond motifs is 9. The van der Waals surface area contributed by atoms with Crippen molar-refractivity contribution in [3.05, 3.63) is 164 Å². The number of hydrogen-bond donors (Lipinski definition) is 0. The van der Waals surface area contributed by atoms with Crippen molar-refractivity contribution in [3.63, 3.8) is 0 Å². The van der Waals surface area contributed by atoms with Gasteiger partial charge in [-0.05, 0) is 56.3 Å². The monoisotopic (exact) mass is 641 g/mol. The zero-order valence-corrected chi connectivity index (χ0v) is 27.2. The zero-order chi connectivity index (χ0) is 32.3. The Hall–Kier alpha value is -6.23. The van der Waals surface area contributed by atoms with Gasteiger partial charge in [0.25, 0.3) is 0 Å². The van der Waals surface area contributed by atoms with Crippen LogP contribution in [0.3, 0.4) is 0 Å². The molecule has 4 heteroatoms. The first-order chi connectivity index (χ1) is 24.3. The summed E-state index contributed by atoms with van der Waals surface area (Å²) in [7, 11) is 0. The van der Waals surface area contributed by atoms with Crippen LogP contribution in [0.2, 0.25) is 0 Å². The van der Waals surface area contributed by atoms with Crippen LogP contribution in [0.1, 0.15) is 0 Å². The Morgan fingerprint density at radius 1 is 0.347 bits per heavy atom. The average molecular weight is 642 g/mol. The maximum absolute atomic E-state index is 5.30. The Morgan fingerprint density at radius 3 is 1.65 bits per heavy atom. The highest BCUT2D eigenvalue weighted by atomic mass is 32.1. The predicted octanol–water partition coefficient (Wildman–Crippen LogP) is 12.4. The second-order valence-electron chi connectivity index (χ2n) is 12.4. The number of thiophene rings is 1. The van der Waals surface area contributed by atoms with Crippen LogP contribution >= 0.6 is 11.3 Å². The highest BCUT2D eigenvalue weighted by molar-refractivity contribution is 7.27. The van der Waals surface area contributed by atoms with Crippen molar-refractivity contribution in [1.82, 2.24) is 15.0 Å². The van der Waals surface area contributed by atoms with Gasteiger partial charge in [-0.3, -0.25) is 0 Å². The molecule has 228 valence electrons. The molecule has 0 atom stereocenters. The molecule has 0 amide bonds. The number of rotatable bonds is 4.